The molecule has 2 atom stereocenters. The predicted molar refractivity (Wildman–Crippen MR) is 113 cm³/mol. The summed E-state index contributed by atoms with van der Waals surface area (Å²) in [6.07, 6.45) is 1.93. The Balaban J connectivity index is 1.81. The first kappa shape index (κ1) is 22.4. The van der Waals surface area contributed by atoms with Gasteiger partial charge < -0.3 is 14.2 Å². The molecule has 0 unspecified atom stereocenters. The van der Waals surface area contributed by atoms with Gasteiger partial charge in [0, 0.05) is 29.9 Å². The van der Waals surface area contributed by atoms with Crippen molar-refractivity contribution in [2.24, 2.45) is 5.41 Å². The summed E-state index contributed by atoms with van der Waals surface area (Å²) in [6, 6.07) is 4.76. The number of benzene rings is 1. The SMILES string of the molecule is CC(C)(C)OC(=O)N1CCC2(CC1)Cc1cc(F)ccc1[C@@H]2N[S@@+]([O-])C(C)(C)C. The second-order valence-corrected chi connectivity index (χ2v) is 12.3. The van der Waals surface area contributed by atoms with E-state index in [9.17, 15) is 13.7 Å². The van der Waals surface area contributed by atoms with Crippen LogP contribution in [0.3, 0.4) is 0 Å². The fourth-order valence-corrected chi connectivity index (χ4v) is 5.16. The Labute approximate surface area is 176 Å². The van der Waals surface area contributed by atoms with Gasteiger partial charge in [-0.2, -0.15) is 0 Å². The maximum Gasteiger partial charge on any atom is 0.410 e. The van der Waals surface area contributed by atoms with Crippen LogP contribution in [-0.2, 0) is 22.5 Å². The van der Waals surface area contributed by atoms with E-state index in [1.807, 2.05) is 47.6 Å². The van der Waals surface area contributed by atoms with Crippen LogP contribution in [0.4, 0.5) is 9.18 Å². The Kier molecular flexibility index (Phi) is 5.98. The fourth-order valence-electron chi connectivity index (χ4n) is 4.22. The van der Waals surface area contributed by atoms with E-state index in [1.165, 1.54) is 6.07 Å². The monoisotopic (exact) mass is 424 g/mol. The zero-order chi connectivity index (χ0) is 21.6. The van der Waals surface area contributed by atoms with E-state index in [4.69, 9.17) is 4.74 Å². The molecule has 1 spiro atoms. The summed E-state index contributed by atoms with van der Waals surface area (Å²) in [4.78, 5) is 14.2. The summed E-state index contributed by atoms with van der Waals surface area (Å²) in [5, 5.41) is 0. The Bertz CT molecular complexity index is 764. The lowest BCUT2D eigenvalue weighted by molar-refractivity contribution is 0.00716. The number of halogens is 1. The lowest BCUT2D eigenvalue weighted by atomic mass is 9.73. The number of hydrogen-bond acceptors (Lipinski definition) is 4. The van der Waals surface area contributed by atoms with Crippen molar-refractivity contribution in [1.82, 2.24) is 9.62 Å². The largest absolute Gasteiger partial charge is 0.598 e. The zero-order valence-corrected chi connectivity index (χ0v) is 19.1. The molecule has 0 radical (unpaired) electrons. The first-order valence-corrected chi connectivity index (χ1v) is 11.4. The molecule has 1 N–H and O–H groups in total. The van der Waals surface area contributed by atoms with Crippen LogP contribution in [0.2, 0.25) is 0 Å². The number of piperidine rings is 1. The molecule has 5 nitrogen and oxygen atoms in total. The van der Waals surface area contributed by atoms with Gasteiger partial charge in [0.2, 0.25) is 0 Å². The average molecular weight is 425 g/mol. The molecule has 1 aromatic rings. The standard InChI is InChI=1S/C22H33FN2O3S/c1-20(2,3)28-19(26)25-11-9-22(10-12-25)14-15-13-16(23)7-8-17(15)18(22)24-29(27)21(4,5)6/h7-8,13,18,24H,9-12,14H2,1-6H3/t18-,29-/m0/s1. The number of carbonyl (C=O) groups excluding carboxylic acids is 1. The van der Waals surface area contributed by atoms with Gasteiger partial charge in [0.05, 0.1) is 6.04 Å². The van der Waals surface area contributed by atoms with Gasteiger partial charge in [0.1, 0.15) is 16.2 Å². The number of likely N-dealkylation sites (tertiary alicyclic amines) is 1. The molecule has 1 aliphatic carbocycles. The highest BCUT2D eigenvalue weighted by molar-refractivity contribution is 7.90. The molecule has 1 aromatic carbocycles. The van der Waals surface area contributed by atoms with Crippen LogP contribution in [0.1, 0.15) is 71.6 Å². The summed E-state index contributed by atoms with van der Waals surface area (Å²) in [6.45, 7) is 12.6. The van der Waals surface area contributed by atoms with Gasteiger partial charge in [0.25, 0.3) is 0 Å². The molecule has 7 heteroatoms. The van der Waals surface area contributed by atoms with Gasteiger partial charge in [-0.15, -0.1) is 4.72 Å². The first-order valence-electron chi connectivity index (χ1n) is 10.3. The second kappa shape index (κ2) is 7.75. The van der Waals surface area contributed by atoms with Crippen molar-refractivity contribution in [3.05, 3.63) is 35.1 Å². The average Bonchev–Trinajstić information content (AvgIpc) is 2.85. The van der Waals surface area contributed by atoms with Crippen LogP contribution in [0.15, 0.2) is 18.2 Å². The van der Waals surface area contributed by atoms with Crippen LogP contribution >= 0.6 is 0 Å². The van der Waals surface area contributed by atoms with Crippen LogP contribution in [0.5, 0.6) is 0 Å². The molecule has 2 aliphatic rings. The van der Waals surface area contributed by atoms with E-state index in [0.717, 1.165) is 30.4 Å². The van der Waals surface area contributed by atoms with E-state index in [2.05, 4.69) is 4.72 Å². The van der Waals surface area contributed by atoms with Crippen molar-refractivity contribution in [1.29, 1.82) is 0 Å². The van der Waals surface area contributed by atoms with Crippen LogP contribution in [0, 0.1) is 11.2 Å². The van der Waals surface area contributed by atoms with E-state index in [-0.39, 0.29) is 23.4 Å². The minimum Gasteiger partial charge on any atom is -0.598 e. The van der Waals surface area contributed by atoms with Crippen molar-refractivity contribution in [2.75, 3.05) is 13.1 Å². The third-order valence-electron chi connectivity index (χ3n) is 5.76. The van der Waals surface area contributed by atoms with Gasteiger partial charge in [0.15, 0.2) is 0 Å². The molecular formula is C22H33FN2O3S. The molecule has 0 saturated carbocycles. The molecule has 1 fully saturated rings. The van der Waals surface area contributed by atoms with Crippen molar-refractivity contribution in [3.8, 4) is 0 Å². The number of nitrogens with one attached hydrogen (secondary N) is 1. The minimum absolute atomic E-state index is 0.126. The number of nitrogens with zero attached hydrogens (tertiary/aromatic N) is 1. The Morgan fingerprint density at radius 3 is 2.41 bits per heavy atom. The van der Waals surface area contributed by atoms with Gasteiger partial charge in [-0.25, -0.2) is 9.18 Å². The lowest BCUT2D eigenvalue weighted by Crippen LogP contribution is -2.51. The van der Waals surface area contributed by atoms with Crippen molar-refractivity contribution < 1.29 is 18.5 Å². The van der Waals surface area contributed by atoms with Gasteiger partial charge in [-0.05, 0) is 84.1 Å². The number of ether oxygens (including phenoxy) is 1. The number of amides is 1. The van der Waals surface area contributed by atoms with Crippen molar-refractivity contribution in [3.63, 3.8) is 0 Å². The maximum absolute atomic E-state index is 13.9. The number of rotatable bonds is 2. The molecule has 1 aliphatic heterocycles. The summed E-state index contributed by atoms with van der Waals surface area (Å²) < 4.78 is 35.2. The fraction of sp³-hybridized carbons (Fsp3) is 0.682. The Hall–Kier alpha value is -1.31. The highest BCUT2D eigenvalue weighted by Gasteiger charge is 2.51. The normalized spacial score (nSPS) is 22.5. The maximum atomic E-state index is 13.9. The number of hydrogen-bond donors (Lipinski definition) is 1. The third-order valence-corrected chi connectivity index (χ3v) is 7.33. The van der Waals surface area contributed by atoms with Crippen molar-refractivity contribution in [2.45, 2.75) is 77.2 Å². The van der Waals surface area contributed by atoms with Gasteiger partial charge in [-0.3, -0.25) is 0 Å². The third kappa shape index (κ3) is 4.89. The zero-order valence-electron chi connectivity index (χ0n) is 18.3. The van der Waals surface area contributed by atoms with Gasteiger partial charge >= 0.3 is 6.09 Å². The van der Waals surface area contributed by atoms with E-state index in [0.29, 0.717) is 13.1 Å². The summed E-state index contributed by atoms with van der Waals surface area (Å²) in [7, 11) is 0. The molecule has 1 amide bonds. The first-order chi connectivity index (χ1) is 13.3. The summed E-state index contributed by atoms with van der Waals surface area (Å²) in [5.74, 6) is -0.248. The molecule has 29 heavy (non-hydrogen) atoms. The molecule has 3 rings (SSSR count). The molecule has 0 aromatic heterocycles. The summed E-state index contributed by atoms with van der Waals surface area (Å²) >= 11 is -1.25. The minimum atomic E-state index is -1.25. The quantitative estimate of drug-likeness (QED) is 0.711. The Morgan fingerprint density at radius 2 is 1.86 bits per heavy atom. The molecule has 1 heterocycles. The predicted octanol–water partition coefficient (Wildman–Crippen LogP) is 4.49. The highest BCUT2D eigenvalue weighted by Crippen LogP contribution is 2.52. The van der Waals surface area contributed by atoms with E-state index < -0.39 is 21.7 Å². The second-order valence-electron chi connectivity index (χ2n) is 10.3. The lowest BCUT2D eigenvalue weighted by Gasteiger charge is -2.43. The molecule has 162 valence electrons. The number of fused-ring (bicyclic) bond motifs is 1. The molecule has 0 bridgehead atoms. The van der Waals surface area contributed by atoms with Crippen LogP contribution in [0.25, 0.3) is 0 Å². The van der Waals surface area contributed by atoms with Crippen LogP contribution in [-0.4, -0.2) is 39.0 Å². The number of carbonyl (C=O) groups is 1. The smallest absolute Gasteiger partial charge is 0.410 e. The van der Waals surface area contributed by atoms with Gasteiger partial charge in [-0.1, -0.05) is 6.07 Å². The van der Waals surface area contributed by atoms with E-state index >= 15 is 0 Å². The van der Waals surface area contributed by atoms with Crippen molar-refractivity contribution >= 4 is 17.5 Å². The highest BCUT2D eigenvalue weighted by atomic mass is 32.2. The molecule has 1 saturated heterocycles. The topological polar surface area (TPSA) is 64.6 Å². The van der Waals surface area contributed by atoms with Crippen LogP contribution < -0.4 is 4.72 Å². The summed E-state index contributed by atoms with van der Waals surface area (Å²) in [5.41, 5.74) is 1.28. The Morgan fingerprint density at radius 1 is 1.24 bits per heavy atom. The van der Waals surface area contributed by atoms with E-state index in [1.54, 1.807) is 11.0 Å². The molecular weight excluding hydrogens is 391 g/mol.